The Morgan fingerprint density at radius 2 is 2.29 bits per heavy atom. The number of aromatic nitrogens is 1. The summed E-state index contributed by atoms with van der Waals surface area (Å²) in [6.45, 7) is 2.55. The molecule has 0 saturated heterocycles. The van der Waals surface area contributed by atoms with Crippen LogP contribution in [0.1, 0.15) is 28.3 Å². The Kier molecular flexibility index (Phi) is 3.76. The molecule has 3 nitrogen and oxygen atoms in total. The van der Waals surface area contributed by atoms with Crippen LogP contribution >= 0.6 is 11.3 Å². The lowest BCUT2D eigenvalue weighted by atomic mass is 10.2. The Morgan fingerprint density at radius 3 is 2.88 bits per heavy atom. The van der Waals surface area contributed by atoms with Gasteiger partial charge in [-0.25, -0.2) is 0 Å². The second kappa shape index (κ2) is 5.29. The zero-order chi connectivity index (χ0) is 12.3. The number of hydrogen-bond acceptors (Lipinski definition) is 3. The normalized spacial score (nSPS) is 12.9. The fraction of sp³-hybridized carbons (Fsp3) is 0.308. The van der Waals surface area contributed by atoms with Crippen LogP contribution in [0.4, 0.5) is 0 Å². The van der Waals surface area contributed by atoms with E-state index in [1.807, 2.05) is 25.2 Å². The Balaban J connectivity index is 1.97. The number of aromatic amines is 1. The van der Waals surface area contributed by atoms with Gasteiger partial charge in [0.25, 0.3) is 0 Å². The predicted molar refractivity (Wildman–Crippen MR) is 70.5 cm³/mol. The average molecular weight is 248 g/mol. The summed E-state index contributed by atoms with van der Waals surface area (Å²) < 4.78 is 0. The summed E-state index contributed by atoms with van der Waals surface area (Å²) in [7, 11) is 1.98. The lowest BCUT2D eigenvalue weighted by Crippen LogP contribution is -2.28. The Morgan fingerprint density at radius 1 is 1.47 bits per heavy atom. The molecule has 2 rings (SSSR count). The van der Waals surface area contributed by atoms with Crippen molar-refractivity contribution in [1.29, 1.82) is 0 Å². The molecule has 0 saturated carbocycles. The quantitative estimate of drug-likeness (QED) is 0.826. The largest absolute Gasteiger partial charge is 0.359 e. The van der Waals surface area contributed by atoms with E-state index in [1.54, 1.807) is 17.5 Å². The van der Waals surface area contributed by atoms with Gasteiger partial charge in [0, 0.05) is 17.1 Å². The number of ketones is 1. The van der Waals surface area contributed by atoms with Gasteiger partial charge in [-0.1, -0.05) is 6.07 Å². The van der Waals surface area contributed by atoms with Crippen LogP contribution in [-0.4, -0.2) is 29.3 Å². The van der Waals surface area contributed by atoms with Crippen molar-refractivity contribution in [2.45, 2.75) is 13.0 Å². The number of nitrogens with one attached hydrogen (secondary N) is 1. The summed E-state index contributed by atoms with van der Waals surface area (Å²) in [5.41, 5.74) is 0.676. The highest BCUT2D eigenvalue weighted by Crippen LogP contribution is 2.23. The van der Waals surface area contributed by atoms with E-state index in [0.717, 1.165) is 0 Å². The Hall–Kier alpha value is -1.39. The van der Waals surface area contributed by atoms with Gasteiger partial charge in [0.05, 0.1) is 12.2 Å². The zero-order valence-corrected chi connectivity index (χ0v) is 10.8. The maximum absolute atomic E-state index is 11.9. The van der Waals surface area contributed by atoms with Crippen LogP contribution in [0.3, 0.4) is 0 Å². The van der Waals surface area contributed by atoms with Gasteiger partial charge in [0.2, 0.25) is 0 Å². The van der Waals surface area contributed by atoms with Gasteiger partial charge in [0.15, 0.2) is 5.78 Å². The molecule has 0 fully saturated rings. The number of carbonyl (C=O) groups excluding carboxylic acids is 1. The van der Waals surface area contributed by atoms with Crippen molar-refractivity contribution in [3.8, 4) is 0 Å². The van der Waals surface area contributed by atoms with Crippen LogP contribution in [0.2, 0.25) is 0 Å². The minimum atomic E-state index is 0.126. The molecule has 0 spiro atoms. The van der Waals surface area contributed by atoms with Gasteiger partial charge < -0.3 is 4.98 Å². The van der Waals surface area contributed by atoms with Gasteiger partial charge in [0.1, 0.15) is 0 Å². The summed E-state index contributed by atoms with van der Waals surface area (Å²) in [5.74, 6) is 0.126. The fourth-order valence-corrected chi connectivity index (χ4v) is 2.55. The molecule has 1 unspecified atom stereocenters. The first-order valence-corrected chi connectivity index (χ1v) is 6.46. The van der Waals surface area contributed by atoms with E-state index < -0.39 is 0 Å². The van der Waals surface area contributed by atoms with Crippen molar-refractivity contribution in [3.05, 3.63) is 46.4 Å². The van der Waals surface area contributed by atoms with Gasteiger partial charge in [-0.3, -0.25) is 9.69 Å². The maximum atomic E-state index is 11.9. The van der Waals surface area contributed by atoms with E-state index in [4.69, 9.17) is 0 Å². The first kappa shape index (κ1) is 12.1. The second-order valence-electron chi connectivity index (χ2n) is 4.11. The number of thiophene rings is 1. The third-order valence-electron chi connectivity index (χ3n) is 2.91. The van der Waals surface area contributed by atoms with E-state index in [2.05, 4.69) is 28.3 Å². The molecule has 4 heteroatoms. The molecule has 0 radical (unpaired) electrons. The first-order chi connectivity index (χ1) is 8.18. The molecule has 0 aromatic carbocycles. The molecule has 2 aromatic heterocycles. The summed E-state index contributed by atoms with van der Waals surface area (Å²) in [4.78, 5) is 18.2. The maximum Gasteiger partial charge on any atom is 0.192 e. The topological polar surface area (TPSA) is 36.1 Å². The Labute approximate surface area is 105 Å². The molecule has 17 heavy (non-hydrogen) atoms. The van der Waals surface area contributed by atoms with Gasteiger partial charge in [-0.2, -0.15) is 0 Å². The van der Waals surface area contributed by atoms with Crippen LogP contribution in [0.25, 0.3) is 0 Å². The molecule has 2 heterocycles. The van der Waals surface area contributed by atoms with Crippen LogP contribution in [0, 0.1) is 0 Å². The number of rotatable bonds is 5. The second-order valence-corrected chi connectivity index (χ2v) is 5.09. The van der Waals surface area contributed by atoms with E-state index in [-0.39, 0.29) is 11.8 Å². The number of H-pyrrole nitrogens is 1. The van der Waals surface area contributed by atoms with E-state index in [1.165, 1.54) is 4.88 Å². The molecular weight excluding hydrogens is 232 g/mol. The standard InChI is InChI=1S/C13H16N2OS/c1-10(13-6-4-8-17-13)15(2)9-12(16)11-5-3-7-14-11/h3-8,10,14H,9H2,1-2H3. The first-order valence-electron chi connectivity index (χ1n) is 5.58. The molecule has 0 bridgehead atoms. The van der Waals surface area contributed by atoms with E-state index in [0.29, 0.717) is 12.2 Å². The van der Waals surface area contributed by atoms with Crippen molar-refractivity contribution >= 4 is 17.1 Å². The highest BCUT2D eigenvalue weighted by molar-refractivity contribution is 7.10. The lowest BCUT2D eigenvalue weighted by Gasteiger charge is -2.22. The van der Waals surface area contributed by atoms with Crippen molar-refractivity contribution < 1.29 is 4.79 Å². The average Bonchev–Trinajstić information content (AvgIpc) is 3.00. The van der Waals surface area contributed by atoms with Crippen LogP contribution in [0.15, 0.2) is 35.8 Å². The third-order valence-corrected chi connectivity index (χ3v) is 3.95. The van der Waals surface area contributed by atoms with Crippen molar-refractivity contribution in [2.75, 3.05) is 13.6 Å². The van der Waals surface area contributed by atoms with Crippen molar-refractivity contribution in [1.82, 2.24) is 9.88 Å². The number of carbonyl (C=O) groups is 1. The van der Waals surface area contributed by atoms with Crippen LogP contribution in [0.5, 0.6) is 0 Å². The molecule has 0 aliphatic heterocycles. The summed E-state index contributed by atoms with van der Waals surface area (Å²) in [6, 6.07) is 8.07. The number of nitrogens with zero attached hydrogens (tertiary/aromatic N) is 1. The number of hydrogen-bond donors (Lipinski definition) is 1. The van der Waals surface area contributed by atoms with Gasteiger partial charge >= 0.3 is 0 Å². The lowest BCUT2D eigenvalue weighted by molar-refractivity contribution is 0.0921. The molecular formula is C13H16N2OS. The monoisotopic (exact) mass is 248 g/mol. The molecule has 0 amide bonds. The summed E-state index contributed by atoms with van der Waals surface area (Å²) >= 11 is 1.72. The molecule has 1 atom stereocenters. The number of Topliss-reactive ketones (excluding diaryl/α,β-unsaturated/α-hetero) is 1. The fourth-order valence-electron chi connectivity index (χ4n) is 1.70. The SMILES string of the molecule is CC(c1cccs1)N(C)CC(=O)c1ccc[nH]1. The minimum Gasteiger partial charge on any atom is -0.359 e. The van der Waals surface area contributed by atoms with Crippen LogP contribution < -0.4 is 0 Å². The molecule has 90 valence electrons. The van der Waals surface area contributed by atoms with Crippen LogP contribution in [-0.2, 0) is 0 Å². The minimum absolute atomic E-state index is 0.126. The molecule has 0 aliphatic carbocycles. The van der Waals surface area contributed by atoms with Crippen molar-refractivity contribution in [3.63, 3.8) is 0 Å². The molecule has 0 aliphatic rings. The summed E-state index contributed by atoms with van der Waals surface area (Å²) in [6.07, 6.45) is 1.77. The molecule has 2 aromatic rings. The molecule has 1 N–H and O–H groups in total. The van der Waals surface area contributed by atoms with E-state index >= 15 is 0 Å². The zero-order valence-electron chi connectivity index (χ0n) is 10.0. The van der Waals surface area contributed by atoms with Gasteiger partial charge in [-0.15, -0.1) is 11.3 Å². The predicted octanol–water partition coefficient (Wildman–Crippen LogP) is 2.95. The van der Waals surface area contributed by atoms with E-state index in [9.17, 15) is 4.79 Å². The third kappa shape index (κ3) is 2.84. The number of likely N-dealkylation sites (N-methyl/N-ethyl adjacent to an activating group) is 1. The van der Waals surface area contributed by atoms with Crippen molar-refractivity contribution in [2.24, 2.45) is 0 Å². The highest BCUT2D eigenvalue weighted by atomic mass is 32.1. The van der Waals surface area contributed by atoms with Gasteiger partial charge in [-0.05, 0) is 37.6 Å². The summed E-state index contributed by atoms with van der Waals surface area (Å²) in [5, 5.41) is 2.06. The highest BCUT2D eigenvalue weighted by Gasteiger charge is 2.16. The Bertz CT molecular complexity index is 462. The smallest absolute Gasteiger partial charge is 0.192 e.